The maximum absolute atomic E-state index is 10.6. The quantitative estimate of drug-likeness (QED) is 0.636. The molecule has 57 valence electrons. The molecule has 0 fully saturated rings. The summed E-state index contributed by atoms with van der Waals surface area (Å²) in [6, 6.07) is 4.73. The minimum atomic E-state index is -0.451. The van der Waals surface area contributed by atoms with E-state index in [4.69, 9.17) is 11.5 Å². The summed E-state index contributed by atoms with van der Waals surface area (Å²) in [5.41, 5.74) is 14.0. The zero-order valence-corrected chi connectivity index (χ0v) is 6.22. The third kappa shape index (κ3) is 1.49. The first-order valence-corrected chi connectivity index (χ1v) is 3.23. The Balaban J connectivity index is 3.15. The number of aryl methyl sites for hydroxylation is 1. The molecule has 1 rings (SSSR count). The van der Waals surface area contributed by atoms with Crippen LogP contribution in [0, 0.1) is 6.92 Å². The van der Waals surface area contributed by atoms with E-state index in [2.05, 4.69) is 0 Å². The maximum atomic E-state index is 10.6. The number of hydrogen-bond donors (Lipinski definition) is 1. The molecule has 1 aromatic rings. The van der Waals surface area contributed by atoms with E-state index in [0.717, 1.165) is 5.56 Å². The first-order chi connectivity index (χ1) is 5.11. The Bertz CT molecular complexity index is 294. The molecule has 0 aliphatic rings. The molecule has 0 atom stereocenters. The summed E-state index contributed by atoms with van der Waals surface area (Å²) in [4.78, 5) is 10.6. The number of rotatable bonds is 1. The van der Waals surface area contributed by atoms with Gasteiger partial charge >= 0.3 is 0 Å². The summed E-state index contributed by atoms with van der Waals surface area (Å²) < 4.78 is 0. The van der Waals surface area contributed by atoms with Crippen molar-refractivity contribution in [1.82, 2.24) is 5.73 Å². The lowest BCUT2D eigenvalue weighted by molar-refractivity contribution is 0.100. The van der Waals surface area contributed by atoms with E-state index in [-0.39, 0.29) is 0 Å². The summed E-state index contributed by atoms with van der Waals surface area (Å²) >= 11 is 0. The Labute approximate surface area is 65.0 Å². The molecule has 1 radical (unpaired) electrons. The minimum absolute atomic E-state index is 0.426. The number of nitrogens with one attached hydrogen (secondary N) is 1. The first kappa shape index (κ1) is 7.60. The molecule has 0 aliphatic carbocycles. The Morgan fingerprint density at radius 3 is 2.64 bits per heavy atom. The second-order valence-electron chi connectivity index (χ2n) is 2.39. The van der Waals surface area contributed by atoms with Crippen molar-refractivity contribution in [2.45, 2.75) is 6.92 Å². The smallest absolute Gasteiger partial charge is 0.248 e. The van der Waals surface area contributed by atoms with Gasteiger partial charge in [0.15, 0.2) is 0 Å². The highest BCUT2D eigenvalue weighted by Crippen LogP contribution is 2.13. The van der Waals surface area contributed by atoms with Gasteiger partial charge in [0.05, 0.1) is 5.69 Å². The fourth-order valence-corrected chi connectivity index (χ4v) is 0.817. The van der Waals surface area contributed by atoms with E-state index in [1.807, 2.05) is 0 Å². The second kappa shape index (κ2) is 2.62. The molecule has 3 nitrogen and oxygen atoms in total. The lowest BCUT2D eigenvalue weighted by Gasteiger charge is -1.99. The minimum Gasteiger partial charge on any atom is -0.366 e. The van der Waals surface area contributed by atoms with Gasteiger partial charge in [0.2, 0.25) is 5.91 Å². The van der Waals surface area contributed by atoms with Gasteiger partial charge in [-0.15, -0.1) is 0 Å². The van der Waals surface area contributed by atoms with Crippen LogP contribution in [-0.4, -0.2) is 5.91 Å². The molecule has 0 aliphatic heterocycles. The Hall–Kier alpha value is -1.51. The van der Waals surface area contributed by atoms with Gasteiger partial charge < -0.3 is 11.5 Å². The molecule has 0 saturated carbocycles. The summed E-state index contributed by atoms with van der Waals surface area (Å²) in [7, 11) is 0. The normalized spacial score (nSPS) is 9.55. The predicted octanol–water partition coefficient (Wildman–Crippen LogP) is 1.01. The van der Waals surface area contributed by atoms with Crippen molar-refractivity contribution in [3.63, 3.8) is 0 Å². The van der Waals surface area contributed by atoms with Crippen LogP contribution in [0.25, 0.3) is 0 Å². The van der Waals surface area contributed by atoms with Crippen LogP contribution >= 0.6 is 0 Å². The van der Waals surface area contributed by atoms with Gasteiger partial charge in [-0.1, -0.05) is 0 Å². The highest BCUT2D eigenvalue weighted by Gasteiger charge is 2.00. The van der Waals surface area contributed by atoms with E-state index in [1.165, 1.54) is 0 Å². The van der Waals surface area contributed by atoms with Crippen LogP contribution in [0.2, 0.25) is 0 Å². The molecular formula is C8H9N2O. The maximum Gasteiger partial charge on any atom is 0.248 e. The second-order valence-corrected chi connectivity index (χ2v) is 2.39. The van der Waals surface area contributed by atoms with Crippen molar-refractivity contribution in [1.29, 1.82) is 0 Å². The Morgan fingerprint density at radius 2 is 2.18 bits per heavy atom. The molecule has 0 bridgehead atoms. The van der Waals surface area contributed by atoms with Crippen molar-refractivity contribution >= 4 is 11.6 Å². The molecule has 0 spiro atoms. The molecule has 3 heteroatoms. The number of carbonyl (C=O) groups is 1. The van der Waals surface area contributed by atoms with Gasteiger partial charge in [0.25, 0.3) is 0 Å². The zero-order chi connectivity index (χ0) is 8.43. The van der Waals surface area contributed by atoms with Gasteiger partial charge in [-0.25, -0.2) is 0 Å². The molecule has 11 heavy (non-hydrogen) atoms. The fraction of sp³-hybridized carbons (Fsp3) is 0.125. The van der Waals surface area contributed by atoms with Crippen molar-refractivity contribution in [2.24, 2.45) is 5.73 Å². The van der Waals surface area contributed by atoms with E-state index >= 15 is 0 Å². The molecular weight excluding hydrogens is 140 g/mol. The average Bonchev–Trinajstić information content (AvgIpc) is 1.94. The number of benzene rings is 1. The molecule has 0 aromatic heterocycles. The summed E-state index contributed by atoms with van der Waals surface area (Å²) in [5.74, 6) is -0.451. The van der Waals surface area contributed by atoms with Crippen LogP contribution in [0.15, 0.2) is 18.2 Å². The lowest BCUT2D eigenvalue weighted by Crippen LogP contribution is -2.10. The van der Waals surface area contributed by atoms with E-state index in [0.29, 0.717) is 11.3 Å². The van der Waals surface area contributed by atoms with Crippen LogP contribution in [-0.2, 0) is 0 Å². The predicted molar refractivity (Wildman–Crippen MR) is 42.5 cm³/mol. The summed E-state index contributed by atoms with van der Waals surface area (Å²) in [5, 5.41) is 0. The molecule has 0 unspecified atom stereocenters. The highest BCUT2D eigenvalue weighted by molar-refractivity contribution is 5.93. The first-order valence-electron chi connectivity index (χ1n) is 3.23. The third-order valence-corrected chi connectivity index (χ3v) is 1.51. The average molecular weight is 149 g/mol. The van der Waals surface area contributed by atoms with Crippen molar-refractivity contribution in [3.8, 4) is 0 Å². The number of hydrogen-bond acceptors (Lipinski definition) is 1. The molecule has 1 aromatic carbocycles. The zero-order valence-electron chi connectivity index (χ0n) is 6.22. The third-order valence-electron chi connectivity index (χ3n) is 1.51. The van der Waals surface area contributed by atoms with Gasteiger partial charge in [0.1, 0.15) is 0 Å². The largest absolute Gasteiger partial charge is 0.366 e. The molecule has 0 heterocycles. The standard InChI is InChI=1S/C8H9N2O/c1-5-4-6(8(10)11)2-3-7(5)9/h2-4,9H,1H3,(H2,10,11). The summed E-state index contributed by atoms with van der Waals surface area (Å²) in [6.45, 7) is 1.77. The van der Waals surface area contributed by atoms with E-state index in [9.17, 15) is 4.79 Å². The lowest BCUT2D eigenvalue weighted by atomic mass is 10.1. The Morgan fingerprint density at radius 1 is 1.55 bits per heavy atom. The van der Waals surface area contributed by atoms with Crippen LogP contribution in [0.5, 0.6) is 0 Å². The van der Waals surface area contributed by atoms with Crippen molar-refractivity contribution in [2.75, 3.05) is 0 Å². The van der Waals surface area contributed by atoms with Crippen LogP contribution in [0.1, 0.15) is 15.9 Å². The number of nitrogens with two attached hydrogens (primary N) is 1. The monoisotopic (exact) mass is 149 g/mol. The van der Waals surface area contributed by atoms with Crippen LogP contribution in [0.3, 0.4) is 0 Å². The van der Waals surface area contributed by atoms with E-state index < -0.39 is 5.91 Å². The SMILES string of the molecule is Cc1cc(C(N)=O)ccc1[NH]. The van der Waals surface area contributed by atoms with Gasteiger partial charge in [0, 0.05) is 5.56 Å². The van der Waals surface area contributed by atoms with Gasteiger partial charge in [-0.05, 0) is 30.7 Å². The number of primary amides is 1. The molecule has 0 saturated heterocycles. The number of carbonyl (C=O) groups excluding carboxylic acids is 1. The van der Waals surface area contributed by atoms with Crippen LogP contribution in [0.4, 0.5) is 5.69 Å². The van der Waals surface area contributed by atoms with Crippen molar-refractivity contribution in [3.05, 3.63) is 29.3 Å². The summed E-state index contributed by atoms with van der Waals surface area (Å²) in [6.07, 6.45) is 0. The highest BCUT2D eigenvalue weighted by atomic mass is 16.1. The van der Waals surface area contributed by atoms with Crippen molar-refractivity contribution < 1.29 is 4.79 Å². The molecule has 1 amide bonds. The molecule has 3 N–H and O–H groups in total. The topological polar surface area (TPSA) is 66.9 Å². The van der Waals surface area contributed by atoms with Gasteiger partial charge in [-0.2, -0.15) is 0 Å². The van der Waals surface area contributed by atoms with E-state index in [1.54, 1.807) is 25.1 Å². The fourth-order valence-electron chi connectivity index (χ4n) is 0.817. The Kier molecular flexibility index (Phi) is 1.81. The van der Waals surface area contributed by atoms with Crippen LogP contribution < -0.4 is 11.5 Å². The number of amides is 1. The van der Waals surface area contributed by atoms with Gasteiger partial charge in [-0.3, -0.25) is 4.79 Å².